The van der Waals surface area contributed by atoms with Gasteiger partial charge < -0.3 is 0 Å². The van der Waals surface area contributed by atoms with Crippen molar-refractivity contribution in [2.75, 3.05) is 0 Å². The number of hydrogen-bond donors (Lipinski definition) is 0. The molecule has 10 heavy (non-hydrogen) atoms. The lowest BCUT2D eigenvalue weighted by molar-refractivity contribution is 0.620. The normalized spacial score (nSPS) is 9.40. The summed E-state index contributed by atoms with van der Waals surface area (Å²) in [4.78, 5) is 3.90. The first-order valence-electron chi connectivity index (χ1n) is 2.99. The third-order valence-electron chi connectivity index (χ3n) is 1.34. The molecule has 0 aliphatic carbocycles. The van der Waals surface area contributed by atoms with Gasteiger partial charge in [-0.05, 0) is 13.0 Å². The molecule has 1 nitrogen and oxygen atoms in total. The molecule has 1 aromatic heterocycles. The molecule has 0 aliphatic heterocycles. The van der Waals surface area contributed by atoms with Crippen LogP contribution < -0.4 is 0 Å². The number of hydrogen-bond acceptors (Lipinski definition) is 1. The van der Waals surface area contributed by atoms with E-state index in [4.69, 9.17) is 0 Å². The number of aryl methyl sites for hydroxylation is 1. The summed E-state index contributed by atoms with van der Waals surface area (Å²) in [7, 11) is 0. The lowest BCUT2D eigenvalue weighted by Crippen LogP contribution is -1.89. The van der Waals surface area contributed by atoms with Gasteiger partial charge in [0.15, 0.2) is 0 Å². The standard InChI is InChI=1S/C8H8FN/c1-3-7-6(2)10-5-4-8(7)9/h3-5H,1H2,2H3. The predicted molar refractivity (Wildman–Crippen MR) is 39.0 cm³/mol. The van der Waals surface area contributed by atoms with Gasteiger partial charge in [-0.25, -0.2) is 4.39 Å². The Labute approximate surface area is 59.2 Å². The first-order valence-corrected chi connectivity index (χ1v) is 2.99. The maximum absolute atomic E-state index is 12.7. The van der Waals surface area contributed by atoms with E-state index < -0.39 is 0 Å². The van der Waals surface area contributed by atoms with E-state index in [1.165, 1.54) is 18.3 Å². The van der Waals surface area contributed by atoms with Gasteiger partial charge in [-0.3, -0.25) is 4.98 Å². The SMILES string of the molecule is C=Cc1c(F)ccnc1C. The molecule has 0 saturated heterocycles. The van der Waals surface area contributed by atoms with Crippen molar-refractivity contribution >= 4 is 6.08 Å². The third-order valence-corrected chi connectivity index (χ3v) is 1.34. The van der Waals surface area contributed by atoms with E-state index in [1.54, 1.807) is 6.92 Å². The Morgan fingerprint density at radius 2 is 2.40 bits per heavy atom. The molecule has 0 saturated carbocycles. The van der Waals surface area contributed by atoms with Gasteiger partial charge in [0, 0.05) is 17.5 Å². The molecular weight excluding hydrogens is 129 g/mol. The molecular formula is C8H8FN. The Kier molecular flexibility index (Phi) is 1.81. The number of halogens is 1. The van der Waals surface area contributed by atoms with Crippen molar-refractivity contribution in [3.63, 3.8) is 0 Å². The van der Waals surface area contributed by atoms with Crippen molar-refractivity contribution in [1.82, 2.24) is 4.98 Å². The maximum atomic E-state index is 12.7. The Morgan fingerprint density at radius 1 is 1.70 bits per heavy atom. The summed E-state index contributed by atoms with van der Waals surface area (Å²) in [5, 5.41) is 0. The fourth-order valence-corrected chi connectivity index (χ4v) is 0.792. The molecule has 0 N–H and O–H groups in total. The van der Waals surface area contributed by atoms with Crippen LogP contribution in [0.15, 0.2) is 18.8 Å². The highest BCUT2D eigenvalue weighted by Gasteiger charge is 1.99. The van der Waals surface area contributed by atoms with Crippen LogP contribution in [-0.4, -0.2) is 4.98 Å². The van der Waals surface area contributed by atoms with Gasteiger partial charge in [0.05, 0.1) is 0 Å². The largest absolute Gasteiger partial charge is 0.261 e. The van der Waals surface area contributed by atoms with Crippen LogP contribution in [-0.2, 0) is 0 Å². The number of pyridine rings is 1. The van der Waals surface area contributed by atoms with Crippen LogP contribution in [0, 0.1) is 12.7 Å². The lowest BCUT2D eigenvalue weighted by Gasteiger charge is -1.97. The van der Waals surface area contributed by atoms with Gasteiger partial charge in [-0.1, -0.05) is 12.7 Å². The lowest BCUT2D eigenvalue weighted by atomic mass is 10.2. The average Bonchev–Trinajstić information content (AvgIpc) is 1.88. The first kappa shape index (κ1) is 6.93. The van der Waals surface area contributed by atoms with Gasteiger partial charge in [0.1, 0.15) is 5.82 Å². The molecule has 2 heteroatoms. The van der Waals surface area contributed by atoms with Crippen LogP contribution in [0.1, 0.15) is 11.3 Å². The van der Waals surface area contributed by atoms with Gasteiger partial charge in [-0.15, -0.1) is 0 Å². The zero-order valence-corrected chi connectivity index (χ0v) is 5.76. The van der Waals surface area contributed by atoms with Crippen molar-refractivity contribution < 1.29 is 4.39 Å². The first-order chi connectivity index (χ1) is 4.75. The van der Waals surface area contributed by atoms with Crippen molar-refractivity contribution in [2.45, 2.75) is 6.92 Å². The minimum atomic E-state index is -0.262. The molecule has 0 unspecified atom stereocenters. The van der Waals surface area contributed by atoms with Crippen LogP contribution in [0.5, 0.6) is 0 Å². The van der Waals surface area contributed by atoms with Crippen molar-refractivity contribution in [1.29, 1.82) is 0 Å². The minimum absolute atomic E-state index is 0.262. The van der Waals surface area contributed by atoms with Crippen molar-refractivity contribution in [3.8, 4) is 0 Å². The molecule has 0 radical (unpaired) electrons. The zero-order chi connectivity index (χ0) is 7.56. The summed E-state index contributed by atoms with van der Waals surface area (Å²) < 4.78 is 12.7. The monoisotopic (exact) mass is 137 g/mol. The fraction of sp³-hybridized carbons (Fsp3) is 0.125. The Morgan fingerprint density at radius 3 is 2.80 bits per heavy atom. The fourth-order valence-electron chi connectivity index (χ4n) is 0.792. The van der Waals surface area contributed by atoms with E-state index in [9.17, 15) is 4.39 Å². The molecule has 0 aliphatic rings. The van der Waals surface area contributed by atoms with Crippen LogP contribution in [0.3, 0.4) is 0 Å². The summed E-state index contributed by atoms with van der Waals surface area (Å²) in [5.74, 6) is -0.262. The molecule has 0 bridgehead atoms. The second-order valence-electron chi connectivity index (χ2n) is 2.00. The molecule has 0 amide bonds. The van der Waals surface area contributed by atoms with Gasteiger partial charge in [0.2, 0.25) is 0 Å². The Balaban J connectivity index is 3.30. The van der Waals surface area contributed by atoms with Crippen molar-refractivity contribution in [3.05, 3.63) is 35.9 Å². The van der Waals surface area contributed by atoms with Crippen LogP contribution >= 0.6 is 0 Å². The summed E-state index contributed by atoms with van der Waals surface area (Å²) >= 11 is 0. The summed E-state index contributed by atoms with van der Waals surface area (Å²) in [6, 6.07) is 1.32. The number of nitrogens with zero attached hydrogens (tertiary/aromatic N) is 1. The molecule has 0 spiro atoms. The number of rotatable bonds is 1. The average molecular weight is 137 g/mol. The molecule has 52 valence electrons. The molecule has 1 aromatic rings. The summed E-state index contributed by atoms with van der Waals surface area (Å²) in [5.41, 5.74) is 1.16. The molecule has 0 aromatic carbocycles. The Bertz CT molecular complexity index is 235. The molecule has 1 heterocycles. The van der Waals surface area contributed by atoms with E-state index in [-0.39, 0.29) is 5.82 Å². The zero-order valence-electron chi connectivity index (χ0n) is 5.76. The van der Waals surface area contributed by atoms with Crippen LogP contribution in [0.25, 0.3) is 6.08 Å². The molecule has 0 atom stereocenters. The quantitative estimate of drug-likeness (QED) is 0.578. The minimum Gasteiger partial charge on any atom is -0.261 e. The van der Waals surface area contributed by atoms with Crippen molar-refractivity contribution in [2.24, 2.45) is 0 Å². The smallest absolute Gasteiger partial charge is 0.133 e. The highest BCUT2D eigenvalue weighted by Crippen LogP contribution is 2.09. The van der Waals surface area contributed by atoms with E-state index >= 15 is 0 Å². The van der Waals surface area contributed by atoms with Gasteiger partial charge in [-0.2, -0.15) is 0 Å². The summed E-state index contributed by atoms with van der Waals surface area (Å²) in [6.07, 6.45) is 2.91. The van der Waals surface area contributed by atoms with E-state index in [2.05, 4.69) is 11.6 Å². The van der Waals surface area contributed by atoms with Gasteiger partial charge in [0.25, 0.3) is 0 Å². The Hall–Kier alpha value is -1.18. The highest BCUT2D eigenvalue weighted by molar-refractivity contribution is 5.49. The predicted octanol–water partition coefficient (Wildman–Crippen LogP) is 2.17. The van der Waals surface area contributed by atoms with Gasteiger partial charge >= 0.3 is 0 Å². The highest BCUT2D eigenvalue weighted by atomic mass is 19.1. The second kappa shape index (κ2) is 2.60. The third kappa shape index (κ3) is 1.05. The topological polar surface area (TPSA) is 12.9 Å². The van der Waals surface area contributed by atoms with E-state index in [0.29, 0.717) is 11.3 Å². The summed E-state index contributed by atoms with van der Waals surface area (Å²) in [6.45, 7) is 5.22. The van der Waals surface area contributed by atoms with E-state index in [0.717, 1.165) is 0 Å². The van der Waals surface area contributed by atoms with E-state index in [1.807, 2.05) is 0 Å². The second-order valence-corrected chi connectivity index (χ2v) is 2.00. The maximum Gasteiger partial charge on any atom is 0.133 e. The number of aromatic nitrogens is 1. The molecule has 0 fully saturated rings. The van der Waals surface area contributed by atoms with Crippen LogP contribution in [0.4, 0.5) is 4.39 Å². The molecule has 1 rings (SSSR count). The van der Waals surface area contributed by atoms with Crippen LogP contribution in [0.2, 0.25) is 0 Å².